The highest BCUT2D eigenvalue weighted by Crippen LogP contribution is 2.08. The van der Waals surface area contributed by atoms with Gasteiger partial charge in [-0.1, -0.05) is 0 Å². The maximum atomic E-state index is 10.4. The van der Waals surface area contributed by atoms with E-state index in [4.69, 9.17) is 4.55 Å². The average molecular weight is 220 g/mol. The Morgan fingerprint density at radius 2 is 2.43 bits per heavy atom. The van der Waals surface area contributed by atoms with Crippen molar-refractivity contribution in [3.63, 3.8) is 0 Å². The fourth-order valence-electron chi connectivity index (χ4n) is 1.83. The van der Waals surface area contributed by atoms with Crippen LogP contribution in [0.15, 0.2) is 0 Å². The van der Waals surface area contributed by atoms with Crippen molar-refractivity contribution in [2.24, 2.45) is 0 Å². The summed E-state index contributed by atoms with van der Waals surface area (Å²) in [5, 5.41) is 3.36. The standard InChI is InChI=1S/C9H20N2O2S/c1-11(6-3-7-14(12)13)9-4-2-5-10-8-9/h9-10H,2-8H2,1H3,(H,12,13). The van der Waals surface area contributed by atoms with Crippen molar-refractivity contribution in [3.05, 3.63) is 0 Å². The van der Waals surface area contributed by atoms with Gasteiger partial charge >= 0.3 is 0 Å². The van der Waals surface area contributed by atoms with E-state index in [2.05, 4.69) is 17.3 Å². The summed E-state index contributed by atoms with van der Waals surface area (Å²) in [6, 6.07) is 0.607. The number of nitrogens with one attached hydrogen (secondary N) is 1. The topological polar surface area (TPSA) is 52.6 Å². The van der Waals surface area contributed by atoms with Crippen LogP contribution in [0.5, 0.6) is 0 Å². The molecule has 1 aliphatic rings. The van der Waals surface area contributed by atoms with E-state index in [0.717, 1.165) is 26.1 Å². The predicted molar refractivity (Wildman–Crippen MR) is 58.8 cm³/mol. The lowest BCUT2D eigenvalue weighted by Crippen LogP contribution is -2.44. The van der Waals surface area contributed by atoms with Crippen molar-refractivity contribution in [1.82, 2.24) is 10.2 Å². The molecule has 0 amide bonds. The van der Waals surface area contributed by atoms with Crippen LogP contribution in [0.3, 0.4) is 0 Å². The minimum absolute atomic E-state index is 0.393. The number of hydrogen-bond donors (Lipinski definition) is 2. The Hall–Kier alpha value is 0.0300. The average Bonchev–Trinajstić information content (AvgIpc) is 2.18. The van der Waals surface area contributed by atoms with Gasteiger partial charge < -0.3 is 14.8 Å². The summed E-state index contributed by atoms with van der Waals surface area (Å²) in [6.07, 6.45) is 3.28. The molecule has 1 rings (SSSR count). The van der Waals surface area contributed by atoms with Crippen LogP contribution < -0.4 is 5.32 Å². The molecular weight excluding hydrogens is 200 g/mol. The molecule has 0 aromatic carbocycles. The fourth-order valence-corrected chi connectivity index (χ4v) is 2.21. The molecule has 0 aromatic rings. The Labute approximate surface area is 88.3 Å². The summed E-state index contributed by atoms with van der Waals surface area (Å²) >= 11 is -1.63. The molecule has 14 heavy (non-hydrogen) atoms. The minimum atomic E-state index is -1.63. The molecular formula is C9H20N2O2S. The largest absolute Gasteiger partial charge is 0.315 e. The number of rotatable bonds is 5. The van der Waals surface area contributed by atoms with Gasteiger partial charge in [-0.15, -0.1) is 0 Å². The number of likely N-dealkylation sites (N-methyl/N-ethyl adjacent to an activating group) is 1. The van der Waals surface area contributed by atoms with Gasteiger partial charge in [0.25, 0.3) is 0 Å². The zero-order valence-electron chi connectivity index (χ0n) is 8.74. The van der Waals surface area contributed by atoms with E-state index in [9.17, 15) is 4.21 Å². The molecule has 1 heterocycles. The molecule has 0 spiro atoms. The SMILES string of the molecule is CN(CCCS(=O)O)C1CCCNC1. The molecule has 0 saturated carbocycles. The minimum Gasteiger partial charge on any atom is -0.315 e. The molecule has 2 N–H and O–H groups in total. The molecule has 4 nitrogen and oxygen atoms in total. The third kappa shape index (κ3) is 4.50. The van der Waals surface area contributed by atoms with Crippen LogP contribution in [-0.4, -0.2) is 52.1 Å². The third-order valence-electron chi connectivity index (χ3n) is 2.72. The smallest absolute Gasteiger partial charge is 0.152 e. The van der Waals surface area contributed by atoms with Gasteiger partial charge in [0.15, 0.2) is 11.1 Å². The molecule has 0 aromatic heterocycles. The van der Waals surface area contributed by atoms with Crippen LogP contribution in [0.2, 0.25) is 0 Å². The van der Waals surface area contributed by atoms with E-state index in [-0.39, 0.29) is 0 Å². The first-order chi connectivity index (χ1) is 6.70. The maximum absolute atomic E-state index is 10.4. The van der Waals surface area contributed by atoms with E-state index in [1.807, 2.05) is 0 Å². The first kappa shape index (κ1) is 12.1. The summed E-state index contributed by atoms with van der Waals surface area (Å²) in [5.41, 5.74) is 0. The van der Waals surface area contributed by atoms with Crippen molar-refractivity contribution in [3.8, 4) is 0 Å². The molecule has 5 heteroatoms. The second-order valence-electron chi connectivity index (χ2n) is 3.86. The second kappa shape index (κ2) is 6.50. The van der Waals surface area contributed by atoms with Crippen LogP contribution >= 0.6 is 0 Å². The van der Waals surface area contributed by atoms with Crippen molar-refractivity contribution in [2.75, 3.05) is 32.4 Å². The van der Waals surface area contributed by atoms with E-state index < -0.39 is 11.1 Å². The molecule has 0 radical (unpaired) electrons. The molecule has 1 aliphatic heterocycles. The molecule has 0 bridgehead atoms. The first-order valence-electron chi connectivity index (χ1n) is 5.18. The molecule has 0 aliphatic carbocycles. The van der Waals surface area contributed by atoms with Gasteiger partial charge in [-0.2, -0.15) is 0 Å². The number of hydrogen-bond acceptors (Lipinski definition) is 3. The van der Waals surface area contributed by atoms with Crippen LogP contribution in [0.25, 0.3) is 0 Å². The molecule has 2 atom stereocenters. The quantitative estimate of drug-likeness (QED) is 0.654. The van der Waals surface area contributed by atoms with E-state index in [0.29, 0.717) is 11.8 Å². The van der Waals surface area contributed by atoms with Gasteiger partial charge in [0.2, 0.25) is 0 Å². The summed E-state index contributed by atoms with van der Waals surface area (Å²) in [6.45, 7) is 3.10. The van der Waals surface area contributed by atoms with Crippen LogP contribution in [0.1, 0.15) is 19.3 Å². The zero-order valence-corrected chi connectivity index (χ0v) is 9.55. The Morgan fingerprint density at radius 3 is 3.00 bits per heavy atom. The van der Waals surface area contributed by atoms with Crippen molar-refractivity contribution < 1.29 is 8.76 Å². The van der Waals surface area contributed by atoms with Crippen LogP contribution in [0, 0.1) is 0 Å². The van der Waals surface area contributed by atoms with Gasteiger partial charge in [-0.3, -0.25) is 0 Å². The first-order valence-corrected chi connectivity index (χ1v) is 6.46. The monoisotopic (exact) mass is 220 g/mol. The Balaban J connectivity index is 2.13. The molecule has 1 fully saturated rings. The van der Waals surface area contributed by atoms with Crippen molar-refractivity contribution in [1.29, 1.82) is 0 Å². The summed E-state index contributed by atoms with van der Waals surface area (Å²) in [4.78, 5) is 2.29. The Bertz CT molecular complexity index is 184. The van der Waals surface area contributed by atoms with Crippen molar-refractivity contribution >= 4 is 11.1 Å². The second-order valence-corrected chi connectivity index (χ2v) is 4.91. The number of piperidine rings is 1. The fraction of sp³-hybridized carbons (Fsp3) is 1.00. The maximum Gasteiger partial charge on any atom is 0.152 e. The van der Waals surface area contributed by atoms with E-state index in [1.54, 1.807) is 0 Å². The van der Waals surface area contributed by atoms with Gasteiger partial charge in [0.1, 0.15) is 0 Å². The Kier molecular flexibility index (Phi) is 5.62. The van der Waals surface area contributed by atoms with Crippen LogP contribution in [-0.2, 0) is 11.1 Å². The lowest BCUT2D eigenvalue weighted by atomic mass is 10.1. The number of nitrogens with zero attached hydrogens (tertiary/aromatic N) is 1. The molecule has 84 valence electrons. The lowest BCUT2D eigenvalue weighted by Gasteiger charge is -2.31. The highest BCUT2D eigenvalue weighted by atomic mass is 32.2. The van der Waals surface area contributed by atoms with Crippen molar-refractivity contribution in [2.45, 2.75) is 25.3 Å². The van der Waals surface area contributed by atoms with Crippen LogP contribution in [0.4, 0.5) is 0 Å². The molecule has 2 unspecified atom stereocenters. The Morgan fingerprint density at radius 1 is 1.64 bits per heavy atom. The van der Waals surface area contributed by atoms with E-state index in [1.165, 1.54) is 12.8 Å². The lowest BCUT2D eigenvalue weighted by molar-refractivity contribution is 0.204. The summed E-state index contributed by atoms with van der Waals surface area (Å²) in [5.74, 6) is 0.393. The normalized spacial score (nSPS) is 25.2. The predicted octanol–water partition coefficient (Wildman–Crippen LogP) is 0.282. The van der Waals surface area contributed by atoms with Gasteiger partial charge in [0.05, 0.1) is 5.75 Å². The third-order valence-corrected chi connectivity index (χ3v) is 3.36. The van der Waals surface area contributed by atoms with E-state index >= 15 is 0 Å². The zero-order chi connectivity index (χ0) is 10.4. The highest BCUT2D eigenvalue weighted by Gasteiger charge is 2.16. The highest BCUT2D eigenvalue weighted by molar-refractivity contribution is 7.79. The van der Waals surface area contributed by atoms with Gasteiger partial charge in [-0.25, -0.2) is 4.21 Å². The van der Waals surface area contributed by atoms with Gasteiger partial charge in [-0.05, 0) is 39.4 Å². The van der Waals surface area contributed by atoms with Gasteiger partial charge in [0, 0.05) is 12.6 Å². The summed E-state index contributed by atoms with van der Waals surface area (Å²) < 4.78 is 19.1. The molecule has 1 saturated heterocycles. The summed E-state index contributed by atoms with van der Waals surface area (Å²) in [7, 11) is 2.10.